The topological polar surface area (TPSA) is 11.4 Å². The molecule has 3 heterocycles. The number of aromatic nitrogens is 1. The van der Waals surface area contributed by atoms with Crippen LogP contribution in [0.3, 0.4) is 0 Å². The molecule has 4 heteroatoms. The van der Waals surface area contributed by atoms with Gasteiger partial charge in [-0.1, -0.05) is 185 Å². The second kappa shape index (κ2) is 15.8. The second-order valence-electron chi connectivity index (χ2n) is 26.9. The van der Waals surface area contributed by atoms with Gasteiger partial charge < -0.3 is 14.4 Å². The van der Waals surface area contributed by atoms with Crippen molar-refractivity contribution in [2.24, 2.45) is 0 Å². The van der Waals surface area contributed by atoms with E-state index in [0.29, 0.717) is 0 Å². The number of nitrogens with zero attached hydrogens (tertiary/aromatic N) is 3. The fourth-order valence-electron chi connectivity index (χ4n) is 11.1. The molecule has 1 aromatic heterocycles. The molecule has 2 aliphatic rings. The Hall–Kier alpha value is -6.00. The molecule has 7 aromatic carbocycles. The van der Waals surface area contributed by atoms with E-state index < -0.39 is 0 Å². The first-order valence-electron chi connectivity index (χ1n) is 25.9. The number of hydrogen-bond donors (Lipinski definition) is 0. The zero-order valence-electron chi connectivity index (χ0n) is 45.6. The lowest BCUT2D eigenvalue weighted by Crippen LogP contribution is -2.60. The number of anilines is 6. The molecule has 0 radical (unpaired) electrons. The summed E-state index contributed by atoms with van der Waals surface area (Å²) in [5.74, 6) is 0. The van der Waals surface area contributed by atoms with Crippen LogP contribution in [0.25, 0.3) is 27.5 Å². The summed E-state index contributed by atoms with van der Waals surface area (Å²) in [5.41, 5.74) is 22.9. The molecule has 0 amide bonds. The third-order valence-electron chi connectivity index (χ3n) is 15.5. The molecule has 0 spiro atoms. The molecule has 0 N–H and O–H groups in total. The molecule has 2 aliphatic heterocycles. The van der Waals surface area contributed by atoms with Gasteiger partial charge in [0, 0.05) is 50.4 Å². The Kier molecular flexibility index (Phi) is 10.7. The smallest absolute Gasteiger partial charge is 0.252 e. The maximum atomic E-state index is 2.65. The van der Waals surface area contributed by atoms with Crippen LogP contribution >= 0.6 is 0 Å². The molecule has 358 valence electrons. The summed E-state index contributed by atoms with van der Waals surface area (Å²) in [6.07, 6.45) is 0. The average Bonchev–Trinajstić information content (AvgIpc) is 3.60. The van der Waals surface area contributed by atoms with Crippen LogP contribution in [0, 0.1) is 0 Å². The van der Waals surface area contributed by atoms with Gasteiger partial charge in [-0.25, -0.2) is 0 Å². The Balaban J connectivity index is 1.38. The van der Waals surface area contributed by atoms with Gasteiger partial charge in [-0.15, -0.1) is 0 Å². The predicted octanol–water partition coefficient (Wildman–Crippen LogP) is 16.7. The maximum absolute atomic E-state index is 2.65. The van der Waals surface area contributed by atoms with Gasteiger partial charge in [0.2, 0.25) is 0 Å². The molecule has 8 aromatic rings. The summed E-state index contributed by atoms with van der Waals surface area (Å²) in [7, 11) is 0. The third-order valence-corrected chi connectivity index (χ3v) is 15.5. The van der Waals surface area contributed by atoms with Crippen LogP contribution < -0.4 is 26.2 Å². The standard InChI is InChI=1S/C66H76BN3/c1-61(2,3)41-19-27-47(28-20-41)68(48-29-21-42(22-30-48)62(4,5)6)50-39-57-59-58(40-50)70-55-33-25-44(64(10,11)12)35-51(55)52-36-46(66(16,17)18)38-54(60(52)70)67(59)53-37-45(65(13,14)15)26-34-56(53)69(57)49-31-23-43(24-32-49)63(7,8)9/h19-40H,1-18H3. The normalized spacial score (nSPS) is 14.1. The van der Waals surface area contributed by atoms with E-state index in [-0.39, 0.29) is 39.2 Å². The van der Waals surface area contributed by atoms with Crippen LogP contribution in [0.5, 0.6) is 0 Å². The molecule has 0 atom stereocenters. The van der Waals surface area contributed by atoms with Gasteiger partial charge in [0.25, 0.3) is 6.71 Å². The van der Waals surface area contributed by atoms with E-state index in [1.165, 1.54) is 88.6 Å². The van der Waals surface area contributed by atoms with Crippen molar-refractivity contribution in [3.8, 4) is 5.69 Å². The second-order valence-corrected chi connectivity index (χ2v) is 26.9. The van der Waals surface area contributed by atoms with Gasteiger partial charge >= 0.3 is 0 Å². The monoisotopic (exact) mass is 922 g/mol. The first-order valence-corrected chi connectivity index (χ1v) is 25.9. The van der Waals surface area contributed by atoms with E-state index in [2.05, 4.69) is 272 Å². The lowest BCUT2D eigenvalue weighted by molar-refractivity contribution is 0.590. The minimum Gasteiger partial charge on any atom is -0.311 e. The van der Waals surface area contributed by atoms with E-state index in [1.807, 2.05) is 0 Å². The van der Waals surface area contributed by atoms with Crippen molar-refractivity contribution in [1.82, 2.24) is 4.57 Å². The fraction of sp³-hybridized carbons (Fsp3) is 0.364. The van der Waals surface area contributed by atoms with Gasteiger partial charge in [0.1, 0.15) is 0 Å². The Morgan fingerprint density at radius 1 is 0.343 bits per heavy atom. The van der Waals surface area contributed by atoms with E-state index >= 15 is 0 Å². The van der Waals surface area contributed by atoms with Gasteiger partial charge in [-0.2, -0.15) is 0 Å². The summed E-state index contributed by atoms with van der Waals surface area (Å²) in [4.78, 5) is 5.10. The quantitative estimate of drug-likeness (QED) is 0.163. The lowest BCUT2D eigenvalue weighted by atomic mass is 9.33. The Morgan fingerprint density at radius 2 is 0.757 bits per heavy atom. The molecule has 70 heavy (non-hydrogen) atoms. The van der Waals surface area contributed by atoms with E-state index in [1.54, 1.807) is 0 Å². The van der Waals surface area contributed by atoms with E-state index in [9.17, 15) is 0 Å². The van der Waals surface area contributed by atoms with Crippen molar-refractivity contribution in [1.29, 1.82) is 0 Å². The molecule has 0 saturated heterocycles. The fourth-order valence-corrected chi connectivity index (χ4v) is 11.1. The maximum Gasteiger partial charge on any atom is 0.252 e. The minimum atomic E-state index is -0.0646. The highest BCUT2D eigenvalue weighted by molar-refractivity contribution is 7.00. The van der Waals surface area contributed by atoms with Gasteiger partial charge in [0.05, 0.1) is 11.2 Å². The van der Waals surface area contributed by atoms with Crippen LogP contribution in [0.1, 0.15) is 158 Å². The van der Waals surface area contributed by atoms with Crippen LogP contribution in [-0.2, 0) is 32.5 Å². The summed E-state index contributed by atoms with van der Waals surface area (Å²) < 4.78 is 2.65. The van der Waals surface area contributed by atoms with E-state index in [4.69, 9.17) is 0 Å². The third kappa shape index (κ3) is 7.98. The molecule has 0 aliphatic carbocycles. The van der Waals surface area contributed by atoms with Gasteiger partial charge in [-0.05, 0) is 155 Å². The van der Waals surface area contributed by atoms with Crippen LogP contribution in [0.2, 0.25) is 0 Å². The highest BCUT2D eigenvalue weighted by Gasteiger charge is 2.44. The molecule has 0 unspecified atom stereocenters. The lowest BCUT2D eigenvalue weighted by Gasteiger charge is -2.42. The first kappa shape index (κ1) is 47.7. The van der Waals surface area contributed by atoms with Crippen molar-refractivity contribution in [2.45, 2.75) is 157 Å². The summed E-state index contributed by atoms with van der Waals surface area (Å²) >= 11 is 0. The van der Waals surface area contributed by atoms with Crippen molar-refractivity contribution < 1.29 is 0 Å². The van der Waals surface area contributed by atoms with Gasteiger partial charge in [0.15, 0.2) is 0 Å². The SMILES string of the molecule is CC(C)(C)c1ccc(N(c2ccc(C(C)(C)C)cc2)c2cc3c4c(c2)-n2c5ccc(C(C)(C)C)cc5c5cc(C(C)(C)C)cc(c52)B4c2cc(C(C)(C)C)ccc2N3c2ccc(C(C)(C)C)cc2)cc1. The number of benzene rings is 7. The molecular weight excluding hydrogens is 846 g/mol. The van der Waals surface area contributed by atoms with Crippen LogP contribution in [0.4, 0.5) is 34.1 Å². The molecular formula is C66H76BN3. The van der Waals surface area contributed by atoms with Crippen molar-refractivity contribution in [2.75, 3.05) is 9.80 Å². The molecule has 0 saturated carbocycles. The van der Waals surface area contributed by atoms with E-state index in [0.717, 1.165) is 22.7 Å². The van der Waals surface area contributed by atoms with Gasteiger partial charge in [-0.3, -0.25) is 0 Å². The van der Waals surface area contributed by atoms with Crippen molar-refractivity contribution in [3.05, 3.63) is 167 Å². The summed E-state index contributed by atoms with van der Waals surface area (Å²) in [6.45, 7) is 41.9. The zero-order chi connectivity index (χ0) is 50.4. The largest absolute Gasteiger partial charge is 0.311 e. The minimum absolute atomic E-state index is 0.00395. The van der Waals surface area contributed by atoms with Crippen LogP contribution in [-0.4, -0.2) is 11.3 Å². The van der Waals surface area contributed by atoms with Crippen LogP contribution in [0.15, 0.2) is 133 Å². The highest BCUT2D eigenvalue weighted by atomic mass is 15.2. The number of fused-ring (bicyclic) bond motifs is 7. The van der Waals surface area contributed by atoms with Crippen molar-refractivity contribution in [3.63, 3.8) is 0 Å². The summed E-state index contributed by atoms with van der Waals surface area (Å²) in [5, 5.41) is 2.65. The number of rotatable bonds is 4. The predicted molar refractivity (Wildman–Crippen MR) is 307 cm³/mol. The Bertz CT molecular complexity index is 3280. The molecule has 3 nitrogen and oxygen atoms in total. The Morgan fingerprint density at radius 3 is 1.26 bits per heavy atom. The average molecular weight is 922 g/mol. The zero-order valence-corrected chi connectivity index (χ0v) is 45.6. The Labute approximate surface area is 421 Å². The highest BCUT2D eigenvalue weighted by Crippen LogP contribution is 2.48. The summed E-state index contributed by atoms with van der Waals surface area (Å²) in [6, 6.07) is 52.9. The number of hydrogen-bond acceptors (Lipinski definition) is 2. The molecule has 10 rings (SSSR count). The first-order chi connectivity index (χ1) is 32.5. The molecule has 0 fully saturated rings. The van der Waals surface area contributed by atoms with Crippen molar-refractivity contribution >= 4 is 79.0 Å². The molecule has 0 bridgehead atoms.